The first kappa shape index (κ1) is 18.3. The van der Waals surface area contributed by atoms with Gasteiger partial charge in [-0.1, -0.05) is 17.3 Å². The standard InChI is InChI=1S/C20H19NO6/c1-23-16-6-4-5-13(9-16)18-11-15(21-27-18)12-26-20(22)14-7-8-17(24-2)19(10-14)25-3/h4-11H,12H2,1-3H3. The molecule has 0 bridgehead atoms. The van der Waals surface area contributed by atoms with Gasteiger partial charge >= 0.3 is 5.97 Å². The molecule has 0 saturated carbocycles. The van der Waals surface area contributed by atoms with Crippen molar-refractivity contribution in [2.75, 3.05) is 21.3 Å². The molecule has 0 aliphatic rings. The number of nitrogens with zero attached hydrogens (tertiary/aromatic N) is 1. The van der Waals surface area contributed by atoms with Gasteiger partial charge < -0.3 is 23.5 Å². The molecule has 0 spiro atoms. The predicted octanol–water partition coefficient (Wildman–Crippen LogP) is 3.72. The molecule has 0 N–H and O–H groups in total. The SMILES string of the molecule is COc1cccc(-c2cc(COC(=O)c3ccc(OC)c(OC)c3)no2)c1. The van der Waals surface area contributed by atoms with Crippen LogP contribution >= 0.6 is 0 Å². The predicted molar refractivity (Wildman–Crippen MR) is 97.2 cm³/mol. The van der Waals surface area contributed by atoms with E-state index in [4.69, 9.17) is 23.5 Å². The van der Waals surface area contributed by atoms with Crippen LogP contribution in [0, 0.1) is 0 Å². The van der Waals surface area contributed by atoms with Gasteiger partial charge in [-0.3, -0.25) is 0 Å². The van der Waals surface area contributed by atoms with E-state index >= 15 is 0 Å². The second-order valence-corrected chi connectivity index (χ2v) is 5.56. The zero-order valence-electron chi connectivity index (χ0n) is 15.2. The summed E-state index contributed by atoms with van der Waals surface area (Å²) in [7, 11) is 4.63. The highest BCUT2D eigenvalue weighted by Gasteiger charge is 2.14. The molecule has 7 heteroatoms. The first-order valence-electron chi connectivity index (χ1n) is 8.13. The molecule has 0 radical (unpaired) electrons. The van der Waals surface area contributed by atoms with Crippen molar-refractivity contribution in [1.29, 1.82) is 0 Å². The number of hydrogen-bond acceptors (Lipinski definition) is 7. The highest BCUT2D eigenvalue weighted by atomic mass is 16.5. The number of benzene rings is 2. The fourth-order valence-corrected chi connectivity index (χ4v) is 2.48. The third kappa shape index (κ3) is 4.20. The lowest BCUT2D eigenvalue weighted by atomic mass is 10.1. The lowest BCUT2D eigenvalue weighted by molar-refractivity contribution is 0.0464. The van der Waals surface area contributed by atoms with E-state index in [0.717, 1.165) is 5.56 Å². The van der Waals surface area contributed by atoms with E-state index in [1.54, 1.807) is 31.4 Å². The fourth-order valence-electron chi connectivity index (χ4n) is 2.48. The number of rotatable bonds is 7. The summed E-state index contributed by atoms with van der Waals surface area (Å²) >= 11 is 0. The average Bonchev–Trinajstić information content (AvgIpc) is 3.20. The Morgan fingerprint density at radius 2 is 1.78 bits per heavy atom. The van der Waals surface area contributed by atoms with Crippen molar-refractivity contribution in [3.8, 4) is 28.6 Å². The molecule has 140 valence electrons. The maximum absolute atomic E-state index is 12.3. The number of ether oxygens (including phenoxy) is 4. The quantitative estimate of drug-likeness (QED) is 0.587. The molecule has 1 aromatic heterocycles. The average molecular weight is 369 g/mol. The van der Waals surface area contributed by atoms with Gasteiger partial charge in [0.2, 0.25) is 0 Å². The van der Waals surface area contributed by atoms with Crippen LogP contribution in [0.15, 0.2) is 53.1 Å². The van der Waals surface area contributed by atoms with Gasteiger partial charge in [0, 0.05) is 11.6 Å². The Bertz CT molecular complexity index is 934. The third-order valence-corrected chi connectivity index (χ3v) is 3.88. The topological polar surface area (TPSA) is 80.0 Å². The molecule has 0 unspecified atom stereocenters. The molecule has 7 nitrogen and oxygen atoms in total. The Morgan fingerprint density at radius 1 is 0.963 bits per heavy atom. The smallest absolute Gasteiger partial charge is 0.338 e. The zero-order chi connectivity index (χ0) is 19.2. The largest absolute Gasteiger partial charge is 0.497 e. The monoisotopic (exact) mass is 369 g/mol. The van der Waals surface area contributed by atoms with E-state index in [1.165, 1.54) is 14.2 Å². The third-order valence-electron chi connectivity index (χ3n) is 3.88. The Hall–Kier alpha value is -3.48. The van der Waals surface area contributed by atoms with E-state index in [9.17, 15) is 4.79 Å². The lowest BCUT2D eigenvalue weighted by Crippen LogP contribution is -2.06. The highest BCUT2D eigenvalue weighted by Crippen LogP contribution is 2.28. The van der Waals surface area contributed by atoms with Gasteiger partial charge in [-0.25, -0.2) is 4.79 Å². The van der Waals surface area contributed by atoms with Gasteiger partial charge in [0.15, 0.2) is 17.3 Å². The first-order valence-corrected chi connectivity index (χ1v) is 8.13. The molecule has 1 heterocycles. The highest BCUT2D eigenvalue weighted by molar-refractivity contribution is 5.90. The second-order valence-electron chi connectivity index (χ2n) is 5.56. The van der Waals surface area contributed by atoms with Crippen LogP contribution in [0.4, 0.5) is 0 Å². The molecular formula is C20H19NO6. The summed E-state index contributed by atoms with van der Waals surface area (Å²) in [5.41, 5.74) is 1.67. The molecule has 3 aromatic rings. The van der Waals surface area contributed by atoms with Crippen molar-refractivity contribution < 1.29 is 28.3 Å². The van der Waals surface area contributed by atoms with Gasteiger partial charge in [0.05, 0.1) is 26.9 Å². The van der Waals surface area contributed by atoms with Gasteiger partial charge in [0.1, 0.15) is 18.1 Å². The van der Waals surface area contributed by atoms with Crippen molar-refractivity contribution in [3.05, 3.63) is 59.8 Å². The number of carbonyl (C=O) groups excluding carboxylic acids is 1. The fraction of sp³-hybridized carbons (Fsp3) is 0.200. The maximum atomic E-state index is 12.3. The van der Waals surface area contributed by atoms with Crippen molar-refractivity contribution >= 4 is 5.97 Å². The van der Waals surface area contributed by atoms with Crippen molar-refractivity contribution in [1.82, 2.24) is 5.16 Å². The number of esters is 1. The van der Waals surface area contributed by atoms with Gasteiger partial charge in [0.25, 0.3) is 0 Å². The Balaban J connectivity index is 1.67. The summed E-state index contributed by atoms with van der Waals surface area (Å²) in [4.78, 5) is 12.3. The van der Waals surface area contributed by atoms with Crippen molar-refractivity contribution in [3.63, 3.8) is 0 Å². The summed E-state index contributed by atoms with van der Waals surface area (Å²) < 4.78 is 26.2. The van der Waals surface area contributed by atoms with Crippen LogP contribution in [0.2, 0.25) is 0 Å². The minimum atomic E-state index is -0.498. The summed E-state index contributed by atoms with van der Waals surface area (Å²) in [6, 6.07) is 13.9. The lowest BCUT2D eigenvalue weighted by Gasteiger charge is -2.09. The van der Waals surface area contributed by atoms with Crippen LogP contribution in [0.1, 0.15) is 16.1 Å². The molecule has 0 fully saturated rings. The molecule has 0 aliphatic carbocycles. The van der Waals surface area contributed by atoms with Crippen LogP contribution in [0.25, 0.3) is 11.3 Å². The summed E-state index contributed by atoms with van der Waals surface area (Å²) in [5, 5.41) is 3.94. The number of hydrogen-bond donors (Lipinski definition) is 0. The minimum Gasteiger partial charge on any atom is -0.497 e. The van der Waals surface area contributed by atoms with Crippen LogP contribution in [-0.2, 0) is 11.3 Å². The van der Waals surface area contributed by atoms with Gasteiger partial charge in [-0.15, -0.1) is 0 Å². The molecule has 0 amide bonds. The molecule has 0 aliphatic heterocycles. The van der Waals surface area contributed by atoms with E-state index in [-0.39, 0.29) is 6.61 Å². The molecule has 3 rings (SSSR count). The Labute approximate surface area is 156 Å². The second kappa shape index (κ2) is 8.27. The van der Waals surface area contributed by atoms with E-state index in [1.807, 2.05) is 24.3 Å². The maximum Gasteiger partial charge on any atom is 0.338 e. The summed E-state index contributed by atoms with van der Waals surface area (Å²) in [6.45, 7) is -0.0132. The molecular weight excluding hydrogens is 350 g/mol. The van der Waals surface area contributed by atoms with Crippen LogP contribution in [0.5, 0.6) is 17.2 Å². The van der Waals surface area contributed by atoms with Crippen LogP contribution in [0.3, 0.4) is 0 Å². The van der Waals surface area contributed by atoms with E-state index < -0.39 is 5.97 Å². The first-order chi connectivity index (χ1) is 13.1. The van der Waals surface area contributed by atoms with Crippen LogP contribution in [-0.4, -0.2) is 32.5 Å². The minimum absolute atomic E-state index is 0.0132. The summed E-state index contributed by atoms with van der Waals surface area (Å²) in [5.74, 6) is 1.76. The Morgan fingerprint density at radius 3 is 2.52 bits per heavy atom. The number of methoxy groups -OCH3 is 3. The van der Waals surface area contributed by atoms with Crippen molar-refractivity contribution in [2.45, 2.75) is 6.61 Å². The van der Waals surface area contributed by atoms with Crippen molar-refractivity contribution in [2.24, 2.45) is 0 Å². The molecule has 27 heavy (non-hydrogen) atoms. The van der Waals surface area contributed by atoms with E-state index in [2.05, 4.69) is 5.16 Å². The number of carbonyl (C=O) groups is 1. The van der Waals surface area contributed by atoms with E-state index in [0.29, 0.717) is 34.3 Å². The molecule has 2 aromatic carbocycles. The number of aromatic nitrogens is 1. The molecule has 0 saturated heterocycles. The normalized spacial score (nSPS) is 10.3. The van der Waals surface area contributed by atoms with Gasteiger partial charge in [-0.05, 0) is 30.3 Å². The Kier molecular flexibility index (Phi) is 5.61. The zero-order valence-corrected chi connectivity index (χ0v) is 15.2. The molecule has 0 atom stereocenters. The van der Waals surface area contributed by atoms with Gasteiger partial charge in [-0.2, -0.15) is 0 Å². The van der Waals surface area contributed by atoms with Crippen LogP contribution < -0.4 is 14.2 Å². The summed E-state index contributed by atoms with van der Waals surface area (Å²) in [6.07, 6.45) is 0.